The third-order valence-corrected chi connectivity index (χ3v) is 10.2. The molecule has 1 amide bonds. The quantitative estimate of drug-likeness (QED) is 0.605. The van der Waals surface area contributed by atoms with Gasteiger partial charge in [0.1, 0.15) is 5.56 Å². The van der Waals surface area contributed by atoms with Gasteiger partial charge in [0.15, 0.2) is 0 Å². The summed E-state index contributed by atoms with van der Waals surface area (Å²) in [6.45, 7) is 13.7. The lowest BCUT2D eigenvalue weighted by Gasteiger charge is -2.39. The molecular formula is C27H45N5O2. The number of hydrogen-bond donors (Lipinski definition) is 2. The molecule has 5 rings (SSSR count). The number of hydrogen-bond acceptors (Lipinski definition) is 5. The fourth-order valence-corrected chi connectivity index (χ4v) is 7.22. The molecule has 4 fully saturated rings. The largest absolute Gasteiger partial charge is 0.477 e. The van der Waals surface area contributed by atoms with Gasteiger partial charge < -0.3 is 15.4 Å². The van der Waals surface area contributed by atoms with Crippen LogP contribution in [0, 0.1) is 22.7 Å². The first-order valence-corrected chi connectivity index (χ1v) is 13.8. The van der Waals surface area contributed by atoms with E-state index in [4.69, 9.17) is 4.74 Å². The SMILES string of the molecule is CC1(C)C2CCC1(C)C(NC(=O)c1cnn(CCN3CCNCC3)c1OCC1CCCCC1)C2. The summed E-state index contributed by atoms with van der Waals surface area (Å²) in [5.74, 6) is 1.95. The Kier molecular flexibility index (Phi) is 6.95. The summed E-state index contributed by atoms with van der Waals surface area (Å²) in [7, 11) is 0. The molecule has 2 N–H and O–H groups in total. The van der Waals surface area contributed by atoms with Gasteiger partial charge in [-0.05, 0) is 54.8 Å². The zero-order valence-electron chi connectivity index (χ0n) is 21.6. The van der Waals surface area contributed by atoms with Gasteiger partial charge in [-0.25, -0.2) is 4.68 Å². The van der Waals surface area contributed by atoms with Crippen LogP contribution in [0.3, 0.4) is 0 Å². The fourth-order valence-electron chi connectivity index (χ4n) is 7.22. The van der Waals surface area contributed by atoms with Crippen molar-refractivity contribution < 1.29 is 9.53 Å². The number of nitrogens with one attached hydrogen (secondary N) is 2. The molecule has 190 valence electrons. The van der Waals surface area contributed by atoms with E-state index in [1.807, 2.05) is 4.68 Å². The molecule has 3 saturated carbocycles. The maximum absolute atomic E-state index is 13.6. The Morgan fingerprint density at radius 2 is 1.91 bits per heavy atom. The van der Waals surface area contributed by atoms with Gasteiger partial charge in [-0.2, -0.15) is 5.10 Å². The molecule has 0 spiro atoms. The van der Waals surface area contributed by atoms with Crippen molar-refractivity contribution in [1.29, 1.82) is 0 Å². The first kappa shape index (κ1) is 24.1. The van der Waals surface area contributed by atoms with Crippen molar-refractivity contribution in [2.45, 2.75) is 84.7 Å². The molecule has 1 aliphatic heterocycles. The molecular weight excluding hydrogens is 426 g/mol. The average molecular weight is 472 g/mol. The molecule has 1 saturated heterocycles. The van der Waals surface area contributed by atoms with Gasteiger partial charge in [-0.15, -0.1) is 0 Å². The lowest BCUT2D eigenvalue weighted by atomic mass is 9.69. The van der Waals surface area contributed by atoms with Crippen molar-refractivity contribution in [3.8, 4) is 5.88 Å². The molecule has 1 aromatic rings. The van der Waals surface area contributed by atoms with Crippen LogP contribution in [0.25, 0.3) is 0 Å². The van der Waals surface area contributed by atoms with Gasteiger partial charge in [-0.3, -0.25) is 9.69 Å². The van der Waals surface area contributed by atoms with Gasteiger partial charge in [-0.1, -0.05) is 40.0 Å². The van der Waals surface area contributed by atoms with E-state index in [2.05, 4.69) is 41.4 Å². The molecule has 34 heavy (non-hydrogen) atoms. The smallest absolute Gasteiger partial charge is 0.258 e. The summed E-state index contributed by atoms with van der Waals surface area (Å²) in [4.78, 5) is 16.0. The Bertz CT molecular complexity index is 855. The molecule has 4 aliphatic rings. The van der Waals surface area contributed by atoms with Crippen molar-refractivity contribution in [1.82, 2.24) is 25.3 Å². The Hall–Kier alpha value is -1.60. The number of amides is 1. The summed E-state index contributed by atoms with van der Waals surface area (Å²) in [6.07, 6.45) is 11.7. The van der Waals surface area contributed by atoms with Crippen LogP contribution in [-0.2, 0) is 6.54 Å². The maximum atomic E-state index is 13.6. The molecule has 2 bridgehead atoms. The Balaban J connectivity index is 1.29. The van der Waals surface area contributed by atoms with E-state index in [1.165, 1.54) is 44.9 Å². The number of piperazine rings is 1. The molecule has 3 aliphatic carbocycles. The molecule has 7 nitrogen and oxygen atoms in total. The van der Waals surface area contributed by atoms with Gasteiger partial charge in [0.2, 0.25) is 5.88 Å². The number of carbonyl (C=O) groups excluding carboxylic acids is 1. The molecule has 7 heteroatoms. The molecule has 2 heterocycles. The molecule has 3 unspecified atom stereocenters. The molecule has 3 atom stereocenters. The highest BCUT2D eigenvalue weighted by molar-refractivity contribution is 5.96. The normalized spacial score (nSPS) is 31.6. The Morgan fingerprint density at radius 3 is 2.59 bits per heavy atom. The summed E-state index contributed by atoms with van der Waals surface area (Å²) in [5, 5.41) is 11.5. The predicted octanol–water partition coefficient (Wildman–Crippen LogP) is 3.69. The monoisotopic (exact) mass is 471 g/mol. The zero-order chi connectivity index (χ0) is 23.8. The number of rotatable bonds is 8. The van der Waals surface area contributed by atoms with Gasteiger partial charge in [0, 0.05) is 38.8 Å². The standard InChI is InChI=1S/C27H45N5O2/c1-26(2)21-9-10-27(26,3)23(17-21)30-24(33)22-18-29-32(16-15-31-13-11-28-12-14-31)25(22)34-19-20-7-5-4-6-8-20/h18,20-21,23,28H,4-17,19H2,1-3H3,(H,30,33). The van der Waals surface area contributed by atoms with Crippen LogP contribution in [0.1, 0.15) is 82.5 Å². The van der Waals surface area contributed by atoms with Crippen molar-refractivity contribution in [2.24, 2.45) is 22.7 Å². The number of ether oxygens (including phenoxy) is 1. The van der Waals surface area contributed by atoms with Crippen LogP contribution in [0.5, 0.6) is 5.88 Å². The number of fused-ring (bicyclic) bond motifs is 2. The van der Waals surface area contributed by atoms with Crippen molar-refractivity contribution in [3.63, 3.8) is 0 Å². The van der Waals surface area contributed by atoms with Crippen LogP contribution < -0.4 is 15.4 Å². The van der Waals surface area contributed by atoms with Crippen molar-refractivity contribution in [3.05, 3.63) is 11.8 Å². The van der Waals surface area contributed by atoms with E-state index in [1.54, 1.807) is 6.20 Å². The lowest BCUT2D eigenvalue weighted by Crippen LogP contribution is -2.46. The second-order valence-electron chi connectivity index (χ2n) is 12.1. The van der Waals surface area contributed by atoms with Gasteiger partial charge >= 0.3 is 0 Å². The fraction of sp³-hybridized carbons (Fsp3) is 0.852. The summed E-state index contributed by atoms with van der Waals surface area (Å²) in [5.41, 5.74) is 1.05. The Labute approximate surface area is 205 Å². The minimum atomic E-state index is -0.0124. The van der Waals surface area contributed by atoms with Crippen molar-refractivity contribution in [2.75, 3.05) is 39.3 Å². The van der Waals surface area contributed by atoms with E-state index >= 15 is 0 Å². The van der Waals surface area contributed by atoms with Crippen LogP contribution in [0.2, 0.25) is 0 Å². The highest BCUT2D eigenvalue weighted by Gasteiger charge is 2.61. The lowest BCUT2D eigenvalue weighted by molar-refractivity contribution is 0.0820. The van der Waals surface area contributed by atoms with Crippen molar-refractivity contribution >= 4 is 5.91 Å². The van der Waals surface area contributed by atoms with Gasteiger partial charge in [0.05, 0.1) is 19.3 Å². The van der Waals surface area contributed by atoms with Crippen LogP contribution in [-0.4, -0.2) is 66.0 Å². The number of aromatic nitrogens is 2. The van der Waals surface area contributed by atoms with Crippen LogP contribution >= 0.6 is 0 Å². The third kappa shape index (κ3) is 4.50. The van der Waals surface area contributed by atoms with E-state index < -0.39 is 0 Å². The summed E-state index contributed by atoms with van der Waals surface area (Å²) >= 11 is 0. The number of nitrogens with zero attached hydrogens (tertiary/aromatic N) is 3. The minimum Gasteiger partial charge on any atom is -0.477 e. The number of carbonyl (C=O) groups is 1. The van der Waals surface area contributed by atoms with Gasteiger partial charge in [0.25, 0.3) is 5.91 Å². The predicted molar refractivity (Wildman–Crippen MR) is 134 cm³/mol. The average Bonchev–Trinajstić information content (AvgIpc) is 3.41. The second-order valence-corrected chi connectivity index (χ2v) is 12.1. The van der Waals surface area contributed by atoms with E-state index in [9.17, 15) is 4.79 Å². The highest BCUT2D eigenvalue weighted by Crippen LogP contribution is 2.65. The third-order valence-electron chi connectivity index (χ3n) is 10.2. The first-order chi connectivity index (χ1) is 16.4. The zero-order valence-corrected chi connectivity index (χ0v) is 21.6. The van der Waals surface area contributed by atoms with E-state index in [0.29, 0.717) is 29.9 Å². The first-order valence-electron chi connectivity index (χ1n) is 13.8. The topological polar surface area (TPSA) is 71.4 Å². The summed E-state index contributed by atoms with van der Waals surface area (Å²) < 4.78 is 8.35. The Morgan fingerprint density at radius 1 is 1.15 bits per heavy atom. The van der Waals surface area contributed by atoms with E-state index in [0.717, 1.165) is 45.7 Å². The second kappa shape index (κ2) is 9.81. The molecule has 1 aromatic heterocycles. The molecule has 0 radical (unpaired) electrons. The maximum Gasteiger partial charge on any atom is 0.258 e. The minimum absolute atomic E-state index is 0.0124. The molecule has 0 aromatic carbocycles. The van der Waals surface area contributed by atoms with Crippen LogP contribution in [0.15, 0.2) is 6.20 Å². The highest BCUT2D eigenvalue weighted by atomic mass is 16.5. The van der Waals surface area contributed by atoms with E-state index in [-0.39, 0.29) is 22.8 Å². The summed E-state index contributed by atoms with van der Waals surface area (Å²) in [6, 6.07) is 0.226. The van der Waals surface area contributed by atoms with Crippen LogP contribution in [0.4, 0.5) is 0 Å².